The van der Waals surface area contributed by atoms with Crippen molar-refractivity contribution in [1.82, 2.24) is 9.97 Å². The van der Waals surface area contributed by atoms with Gasteiger partial charge in [0.2, 0.25) is 0 Å². The summed E-state index contributed by atoms with van der Waals surface area (Å²) in [6, 6.07) is 1.71. The first-order valence-electron chi connectivity index (χ1n) is 4.49. The minimum Gasteiger partial charge on any atom is -0.366 e. The van der Waals surface area contributed by atoms with Crippen molar-refractivity contribution in [1.29, 1.82) is 0 Å². The number of aryl methyl sites for hydroxylation is 1. The molecule has 0 spiro atoms. The van der Waals surface area contributed by atoms with Crippen LogP contribution in [0.5, 0.6) is 0 Å². The van der Waals surface area contributed by atoms with E-state index in [1.165, 1.54) is 17.5 Å². The van der Waals surface area contributed by atoms with Gasteiger partial charge in [0.05, 0.1) is 0 Å². The zero-order valence-corrected chi connectivity index (χ0v) is 9.77. The molecule has 0 fully saturated rings. The highest BCUT2D eigenvalue weighted by Crippen LogP contribution is 2.15. The highest BCUT2D eigenvalue weighted by molar-refractivity contribution is 7.08. The first kappa shape index (κ1) is 10.4. The van der Waals surface area contributed by atoms with Gasteiger partial charge in [-0.25, -0.2) is 9.97 Å². The molecule has 0 amide bonds. The van der Waals surface area contributed by atoms with Crippen molar-refractivity contribution in [2.24, 2.45) is 0 Å². The lowest BCUT2D eigenvalue weighted by Gasteiger charge is -2.04. The lowest BCUT2D eigenvalue weighted by Crippen LogP contribution is -2.01. The third-order valence-electron chi connectivity index (χ3n) is 2.06. The molecule has 2 rings (SSSR count). The molecule has 78 valence electrons. The van der Waals surface area contributed by atoms with Gasteiger partial charge < -0.3 is 5.32 Å². The zero-order chi connectivity index (χ0) is 10.7. The Morgan fingerprint density at radius 1 is 1.40 bits per heavy atom. The predicted octanol–water partition coefficient (Wildman–Crippen LogP) is 3.11. The number of nitrogens with zero attached hydrogens (tertiary/aromatic N) is 2. The highest BCUT2D eigenvalue weighted by Gasteiger charge is 2.00. The minimum atomic E-state index is 0.453. The van der Waals surface area contributed by atoms with E-state index >= 15 is 0 Å². The van der Waals surface area contributed by atoms with Crippen molar-refractivity contribution in [2.45, 2.75) is 13.5 Å². The summed E-state index contributed by atoms with van der Waals surface area (Å²) < 4.78 is 0. The largest absolute Gasteiger partial charge is 0.366 e. The van der Waals surface area contributed by atoms with E-state index in [1.807, 2.05) is 0 Å². The molecule has 0 aliphatic carbocycles. The molecule has 0 aliphatic rings. The number of hydrogen-bond acceptors (Lipinski definition) is 4. The quantitative estimate of drug-likeness (QED) is 0.837. The Kier molecular flexibility index (Phi) is 3.18. The van der Waals surface area contributed by atoms with Crippen molar-refractivity contribution in [2.75, 3.05) is 5.32 Å². The van der Waals surface area contributed by atoms with Crippen LogP contribution in [0.25, 0.3) is 0 Å². The Morgan fingerprint density at radius 3 is 2.93 bits per heavy atom. The van der Waals surface area contributed by atoms with E-state index in [4.69, 9.17) is 11.6 Å². The number of hydrogen-bond donors (Lipinski definition) is 1. The van der Waals surface area contributed by atoms with E-state index in [2.05, 4.69) is 33.0 Å². The third kappa shape index (κ3) is 2.67. The number of aromatic nitrogens is 2. The standard InChI is InChI=1S/C10H10ClN3S/c1-7-4-15-5-8(7)3-12-10-2-9(11)13-6-14-10/h2,4-6H,3H2,1H3,(H,12,13,14). The van der Waals surface area contributed by atoms with Gasteiger partial charge in [0.15, 0.2) is 0 Å². The van der Waals surface area contributed by atoms with Gasteiger partial charge in [-0.05, 0) is 28.8 Å². The van der Waals surface area contributed by atoms with Gasteiger partial charge in [0.25, 0.3) is 0 Å². The molecule has 0 bridgehead atoms. The van der Waals surface area contributed by atoms with Crippen LogP contribution in [-0.4, -0.2) is 9.97 Å². The van der Waals surface area contributed by atoms with E-state index in [0.717, 1.165) is 12.4 Å². The molecule has 0 aromatic carbocycles. The molecule has 0 unspecified atom stereocenters. The lowest BCUT2D eigenvalue weighted by molar-refractivity contribution is 1.08. The molecule has 2 heterocycles. The molecule has 2 aromatic rings. The molecule has 0 saturated heterocycles. The second-order valence-electron chi connectivity index (χ2n) is 3.16. The summed E-state index contributed by atoms with van der Waals surface area (Å²) in [5, 5.41) is 7.91. The van der Waals surface area contributed by atoms with Crippen LogP contribution in [0.2, 0.25) is 5.15 Å². The molecule has 15 heavy (non-hydrogen) atoms. The third-order valence-corrected chi connectivity index (χ3v) is 3.17. The van der Waals surface area contributed by atoms with Gasteiger partial charge in [-0.15, -0.1) is 0 Å². The second kappa shape index (κ2) is 4.59. The molecule has 5 heteroatoms. The minimum absolute atomic E-state index is 0.453. The van der Waals surface area contributed by atoms with Crippen LogP contribution < -0.4 is 5.32 Å². The average molecular weight is 240 g/mol. The zero-order valence-electron chi connectivity index (χ0n) is 8.20. The van der Waals surface area contributed by atoms with Crippen LogP contribution in [0.4, 0.5) is 5.82 Å². The van der Waals surface area contributed by atoms with E-state index in [1.54, 1.807) is 17.4 Å². The molecular weight excluding hydrogens is 230 g/mol. The Labute approximate surface area is 97.2 Å². The van der Waals surface area contributed by atoms with Crippen LogP contribution in [0.15, 0.2) is 23.2 Å². The SMILES string of the molecule is Cc1cscc1CNc1cc(Cl)ncn1. The smallest absolute Gasteiger partial charge is 0.134 e. The first-order chi connectivity index (χ1) is 7.25. The molecule has 0 saturated carbocycles. The molecule has 3 nitrogen and oxygen atoms in total. The Hall–Kier alpha value is -1.13. The van der Waals surface area contributed by atoms with Crippen LogP contribution >= 0.6 is 22.9 Å². The Balaban J connectivity index is 2.02. The summed E-state index contributed by atoms with van der Waals surface area (Å²) >= 11 is 7.45. The van der Waals surface area contributed by atoms with E-state index < -0.39 is 0 Å². The molecule has 0 aliphatic heterocycles. The molecule has 0 atom stereocenters. The van der Waals surface area contributed by atoms with Crippen molar-refractivity contribution in [3.8, 4) is 0 Å². The predicted molar refractivity (Wildman–Crippen MR) is 63.4 cm³/mol. The maximum absolute atomic E-state index is 5.75. The maximum Gasteiger partial charge on any atom is 0.134 e. The van der Waals surface area contributed by atoms with Gasteiger partial charge in [-0.3, -0.25) is 0 Å². The van der Waals surface area contributed by atoms with Gasteiger partial charge in [-0.2, -0.15) is 11.3 Å². The Morgan fingerprint density at radius 2 is 2.27 bits per heavy atom. The fraction of sp³-hybridized carbons (Fsp3) is 0.200. The van der Waals surface area contributed by atoms with Gasteiger partial charge in [-0.1, -0.05) is 11.6 Å². The first-order valence-corrected chi connectivity index (χ1v) is 5.81. The summed E-state index contributed by atoms with van der Waals surface area (Å²) in [6.45, 7) is 2.86. The van der Waals surface area contributed by atoms with Crippen LogP contribution in [0.1, 0.15) is 11.1 Å². The summed E-state index contributed by atoms with van der Waals surface area (Å²) in [4.78, 5) is 7.88. The van der Waals surface area contributed by atoms with Gasteiger partial charge >= 0.3 is 0 Å². The number of halogens is 1. The van der Waals surface area contributed by atoms with E-state index in [9.17, 15) is 0 Å². The second-order valence-corrected chi connectivity index (χ2v) is 4.29. The summed E-state index contributed by atoms with van der Waals surface area (Å²) in [5.41, 5.74) is 2.59. The number of thiophene rings is 1. The van der Waals surface area contributed by atoms with Crippen molar-refractivity contribution >= 4 is 28.8 Å². The topological polar surface area (TPSA) is 37.8 Å². The summed E-state index contributed by atoms with van der Waals surface area (Å²) in [5.74, 6) is 0.751. The fourth-order valence-electron chi connectivity index (χ4n) is 1.18. The summed E-state index contributed by atoms with van der Waals surface area (Å²) in [7, 11) is 0. The molecule has 0 radical (unpaired) electrons. The van der Waals surface area contributed by atoms with Gasteiger partial charge in [0, 0.05) is 12.6 Å². The van der Waals surface area contributed by atoms with Crippen LogP contribution in [0, 0.1) is 6.92 Å². The number of nitrogens with one attached hydrogen (secondary N) is 1. The molecule has 2 aromatic heterocycles. The van der Waals surface area contributed by atoms with E-state index in [0.29, 0.717) is 5.15 Å². The average Bonchev–Trinajstić information content (AvgIpc) is 2.61. The molecule has 1 N–H and O–H groups in total. The summed E-state index contributed by atoms with van der Waals surface area (Å²) in [6.07, 6.45) is 1.45. The van der Waals surface area contributed by atoms with Crippen molar-refractivity contribution in [3.05, 3.63) is 39.4 Å². The number of rotatable bonds is 3. The monoisotopic (exact) mass is 239 g/mol. The van der Waals surface area contributed by atoms with Crippen LogP contribution in [-0.2, 0) is 6.54 Å². The lowest BCUT2D eigenvalue weighted by atomic mass is 10.2. The number of anilines is 1. The van der Waals surface area contributed by atoms with Crippen molar-refractivity contribution in [3.63, 3.8) is 0 Å². The van der Waals surface area contributed by atoms with Crippen LogP contribution in [0.3, 0.4) is 0 Å². The maximum atomic E-state index is 5.75. The molecular formula is C10H10ClN3S. The van der Waals surface area contributed by atoms with Gasteiger partial charge in [0.1, 0.15) is 17.3 Å². The van der Waals surface area contributed by atoms with Crippen molar-refractivity contribution < 1.29 is 0 Å². The highest BCUT2D eigenvalue weighted by atomic mass is 35.5. The Bertz CT molecular complexity index is 455. The fourth-order valence-corrected chi connectivity index (χ4v) is 2.19. The van der Waals surface area contributed by atoms with E-state index in [-0.39, 0.29) is 0 Å². The normalized spacial score (nSPS) is 10.3.